The predicted molar refractivity (Wildman–Crippen MR) is 96.6 cm³/mol. The van der Waals surface area contributed by atoms with Crippen molar-refractivity contribution in [2.24, 2.45) is 0 Å². The highest BCUT2D eigenvalue weighted by Crippen LogP contribution is 2.24. The SMILES string of the molecule is Cc1nn(-c2ccc(F)cc2)c(Cl)c1/C=C/C(=O)O[C@H](C)C(=O)N(C)C. The lowest BCUT2D eigenvalue weighted by molar-refractivity contribution is -0.153. The smallest absolute Gasteiger partial charge is 0.331 e. The number of benzene rings is 1. The fraction of sp³-hybridized carbons (Fsp3) is 0.278. The van der Waals surface area contributed by atoms with Gasteiger partial charge in [-0.15, -0.1) is 0 Å². The first kappa shape index (κ1) is 19.7. The largest absolute Gasteiger partial charge is 0.449 e. The Kier molecular flexibility index (Phi) is 6.15. The van der Waals surface area contributed by atoms with Crippen molar-refractivity contribution in [3.8, 4) is 5.69 Å². The zero-order valence-electron chi connectivity index (χ0n) is 14.9. The van der Waals surface area contributed by atoms with E-state index in [1.807, 2.05) is 0 Å². The Bertz CT molecular complexity index is 844. The van der Waals surface area contributed by atoms with Crippen LogP contribution >= 0.6 is 11.6 Å². The van der Waals surface area contributed by atoms with Crippen LogP contribution in [0.3, 0.4) is 0 Å². The molecule has 1 heterocycles. The van der Waals surface area contributed by atoms with Gasteiger partial charge in [-0.25, -0.2) is 13.9 Å². The molecule has 6 nitrogen and oxygen atoms in total. The molecule has 0 aliphatic rings. The van der Waals surface area contributed by atoms with Crippen LogP contribution in [0.4, 0.5) is 4.39 Å². The molecule has 1 aromatic carbocycles. The van der Waals surface area contributed by atoms with E-state index in [4.69, 9.17) is 16.3 Å². The maximum Gasteiger partial charge on any atom is 0.331 e. The molecule has 0 aliphatic heterocycles. The number of likely N-dealkylation sites (N-methyl/N-ethyl adjacent to an activating group) is 1. The average molecular weight is 380 g/mol. The standard InChI is InChI=1S/C18H19ClFN3O3/c1-11-15(9-10-16(24)26-12(2)18(25)22(3)4)17(19)23(21-11)14-7-5-13(20)6-8-14/h5-10,12H,1-4H3/b10-9+/t12-/m1/s1. The number of nitrogens with zero attached hydrogens (tertiary/aromatic N) is 3. The zero-order valence-corrected chi connectivity index (χ0v) is 15.6. The third-order valence-corrected chi connectivity index (χ3v) is 3.95. The van der Waals surface area contributed by atoms with Gasteiger partial charge in [-0.1, -0.05) is 11.6 Å². The number of esters is 1. The second-order valence-electron chi connectivity index (χ2n) is 5.82. The van der Waals surface area contributed by atoms with Gasteiger partial charge in [0.2, 0.25) is 0 Å². The molecule has 1 aromatic heterocycles. The number of halogens is 2. The number of amides is 1. The van der Waals surface area contributed by atoms with Gasteiger partial charge in [-0.3, -0.25) is 4.79 Å². The molecule has 138 valence electrons. The number of aryl methyl sites for hydroxylation is 1. The maximum absolute atomic E-state index is 13.1. The fourth-order valence-electron chi connectivity index (χ4n) is 2.23. The van der Waals surface area contributed by atoms with E-state index >= 15 is 0 Å². The molecule has 0 spiro atoms. The van der Waals surface area contributed by atoms with Crippen molar-refractivity contribution in [1.82, 2.24) is 14.7 Å². The summed E-state index contributed by atoms with van der Waals surface area (Å²) in [6.45, 7) is 3.23. The molecule has 0 N–H and O–H groups in total. The van der Waals surface area contributed by atoms with Gasteiger partial charge in [-0.05, 0) is 44.2 Å². The minimum atomic E-state index is -0.888. The van der Waals surface area contributed by atoms with Crippen LogP contribution in [-0.2, 0) is 14.3 Å². The quantitative estimate of drug-likeness (QED) is 0.591. The van der Waals surface area contributed by atoms with E-state index < -0.39 is 12.1 Å². The summed E-state index contributed by atoms with van der Waals surface area (Å²) in [7, 11) is 3.16. The lowest BCUT2D eigenvalue weighted by Crippen LogP contribution is -2.34. The second-order valence-corrected chi connectivity index (χ2v) is 6.18. The molecule has 0 saturated carbocycles. The first-order valence-electron chi connectivity index (χ1n) is 7.81. The summed E-state index contributed by atoms with van der Waals surface area (Å²) < 4.78 is 19.6. The summed E-state index contributed by atoms with van der Waals surface area (Å²) in [5, 5.41) is 4.57. The molecule has 0 bridgehead atoms. The van der Waals surface area contributed by atoms with Crippen LogP contribution in [0.5, 0.6) is 0 Å². The van der Waals surface area contributed by atoms with Crippen LogP contribution in [0.25, 0.3) is 11.8 Å². The molecule has 0 radical (unpaired) electrons. The van der Waals surface area contributed by atoms with Crippen molar-refractivity contribution in [2.75, 3.05) is 14.1 Å². The number of rotatable bonds is 5. The molecule has 8 heteroatoms. The van der Waals surface area contributed by atoms with Gasteiger partial charge in [0.15, 0.2) is 6.10 Å². The average Bonchev–Trinajstić information content (AvgIpc) is 2.87. The van der Waals surface area contributed by atoms with Crippen LogP contribution in [0.1, 0.15) is 18.2 Å². The topological polar surface area (TPSA) is 64.4 Å². The lowest BCUT2D eigenvalue weighted by atomic mass is 10.2. The summed E-state index contributed by atoms with van der Waals surface area (Å²) in [6.07, 6.45) is 1.77. The Morgan fingerprint density at radius 2 is 1.92 bits per heavy atom. The Morgan fingerprint density at radius 3 is 2.50 bits per heavy atom. The molecule has 0 saturated heterocycles. The molecular formula is C18H19ClFN3O3. The van der Waals surface area contributed by atoms with Gasteiger partial charge in [0.25, 0.3) is 5.91 Å². The van der Waals surface area contributed by atoms with E-state index in [0.29, 0.717) is 16.9 Å². The molecule has 1 amide bonds. The first-order chi connectivity index (χ1) is 12.2. The second kappa shape index (κ2) is 8.14. The van der Waals surface area contributed by atoms with Gasteiger partial charge in [0, 0.05) is 25.7 Å². The van der Waals surface area contributed by atoms with Crippen molar-refractivity contribution in [1.29, 1.82) is 0 Å². The Balaban J connectivity index is 2.17. The zero-order chi connectivity index (χ0) is 19.4. The number of carbonyl (C=O) groups is 2. The van der Waals surface area contributed by atoms with Crippen molar-refractivity contribution < 1.29 is 18.7 Å². The number of aromatic nitrogens is 2. The Hall–Kier alpha value is -2.67. The predicted octanol–water partition coefficient (Wildman–Crippen LogP) is 3.01. The van der Waals surface area contributed by atoms with E-state index in [1.54, 1.807) is 33.2 Å². The minimum Gasteiger partial charge on any atom is -0.449 e. The number of hydrogen-bond donors (Lipinski definition) is 0. The van der Waals surface area contributed by atoms with Crippen molar-refractivity contribution >= 4 is 29.6 Å². The number of hydrogen-bond acceptors (Lipinski definition) is 4. The van der Waals surface area contributed by atoms with Crippen LogP contribution in [0.15, 0.2) is 30.3 Å². The van der Waals surface area contributed by atoms with Crippen molar-refractivity contribution in [2.45, 2.75) is 20.0 Å². The highest BCUT2D eigenvalue weighted by Gasteiger charge is 2.18. The Labute approximate surface area is 155 Å². The fourth-order valence-corrected chi connectivity index (χ4v) is 2.57. The van der Waals surface area contributed by atoms with E-state index in [0.717, 1.165) is 0 Å². The molecule has 2 rings (SSSR count). The van der Waals surface area contributed by atoms with E-state index in [2.05, 4.69) is 5.10 Å². The van der Waals surface area contributed by atoms with Gasteiger partial charge in [0.05, 0.1) is 11.4 Å². The monoisotopic (exact) mass is 379 g/mol. The molecule has 0 fully saturated rings. The number of ether oxygens (including phenoxy) is 1. The summed E-state index contributed by atoms with van der Waals surface area (Å²) in [6, 6.07) is 5.70. The van der Waals surface area contributed by atoms with Crippen molar-refractivity contribution in [3.63, 3.8) is 0 Å². The van der Waals surface area contributed by atoms with E-state index in [9.17, 15) is 14.0 Å². The lowest BCUT2D eigenvalue weighted by Gasteiger charge is -2.16. The van der Waals surface area contributed by atoms with Gasteiger partial charge < -0.3 is 9.64 Å². The molecule has 1 atom stereocenters. The van der Waals surface area contributed by atoms with Gasteiger partial charge in [-0.2, -0.15) is 5.10 Å². The summed E-state index contributed by atoms with van der Waals surface area (Å²) in [5.41, 5.74) is 1.70. The molecule has 26 heavy (non-hydrogen) atoms. The highest BCUT2D eigenvalue weighted by molar-refractivity contribution is 6.31. The van der Waals surface area contributed by atoms with Crippen LogP contribution in [-0.4, -0.2) is 46.8 Å². The summed E-state index contributed by atoms with van der Waals surface area (Å²) >= 11 is 6.33. The van der Waals surface area contributed by atoms with Crippen LogP contribution in [0.2, 0.25) is 5.15 Å². The molecule has 0 unspecified atom stereocenters. The molecule has 2 aromatic rings. The van der Waals surface area contributed by atoms with Crippen LogP contribution in [0, 0.1) is 12.7 Å². The van der Waals surface area contributed by atoms with E-state index in [-0.39, 0.29) is 16.9 Å². The van der Waals surface area contributed by atoms with Gasteiger partial charge >= 0.3 is 5.97 Å². The molecule has 0 aliphatic carbocycles. The third kappa shape index (κ3) is 4.49. The number of carbonyl (C=O) groups excluding carboxylic acids is 2. The Morgan fingerprint density at radius 1 is 1.31 bits per heavy atom. The van der Waals surface area contributed by atoms with E-state index in [1.165, 1.54) is 40.8 Å². The third-order valence-electron chi connectivity index (χ3n) is 3.59. The normalized spacial score (nSPS) is 12.2. The molecular weight excluding hydrogens is 361 g/mol. The van der Waals surface area contributed by atoms with Crippen LogP contribution < -0.4 is 0 Å². The minimum absolute atomic E-state index is 0.274. The van der Waals surface area contributed by atoms with Gasteiger partial charge in [0.1, 0.15) is 11.0 Å². The summed E-state index contributed by atoms with van der Waals surface area (Å²) in [5.74, 6) is -1.35. The van der Waals surface area contributed by atoms with Crippen molar-refractivity contribution in [3.05, 3.63) is 52.6 Å². The maximum atomic E-state index is 13.1. The summed E-state index contributed by atoms with van der Waals surface area (Å²) in [4.78, 5) is 25.0. The first-order valence-corrected chi connectivity index (χ1v) is 8.19. The highest BCUT2D eigenvalue weighted by atomic mass is 35.5.